The Morgan fingerprint density at radius 1 is 1.30 bits per heavy atom. The lowest BCUT2D eigenvalue weighted by molar-refractivity contribution is -0.141. The van der Waals surface area contributed by atoms with Crippen LogP contribution in [0.1, 0.15) is 22.8 Å². The molecular formula is C13H15NO6. The minimum Gasteiger partial charge on any atom is -0.496 e. The number of nitrogens with one attached hydrogen (secondary N) is 1. The highest BCUT2D eigenvalue weighted by molar-refractivity contribution is 5.91. The highest BCUT2D eigenvalue weighted by atomic mass is 16.5. The van der Waals surface area contributed by atoms with E-state index in [0.29, 0.717) is 5.56 Å². The topological polar surface area (TPSA) is 113 Å². The van der Waals surface area contributed by atoms with E-state index in [9.17, 15) is 14.4 Å². The Hall–Kier alpha value is -2.57. The van der Waals surface area contributed by atoms with Gasteiger partial charge in [-0.25, -0.2) is 9.59 Å². The molecule has 20 heavy (non-hydrogen) atoms. The van der Waals surface area contributed by atoms with Crippen molar-refractivity contribution in [3.63, 3.8) is 0 Å². The van der Waals surface area contributed by atoms with Crippen LogP contribution in [-0.2, 0) is 16.0 Å². The molecule has 0 saturated heterocycles. The normalized spacial score (nSPS) is 11.5. The van der Waals surface area contributed by atoms with Crippen LogP contribution in [-0.4, -0.2) is 41.2 Å². The first-order chi connectivity index (χ1) is 9.35. The molecule has 1 rings (SSSR count). The summed E-state index contributed by atoms with van der Waals surface area (Å²) in [6.45, 7) is 1.21. The third-order valence-corrected chi connectivity index (χ3v) is 2.61. The van der Waals surface area contributed by atoms with Crippen molar-refractivity contribution in [2.75, 3.05) is 7.11 Å². The fourth-order valence-corrected chi connectivity index (χ4v) is 1.73. The summed E-state index contributed by atoms with van der Waals surface area (Å²) in [5.41, 5.74) is 0.418. The molecule has 1 aromatic rings. The number of carboxylic acid groups (broad SMARTS) is 2. The maximum Gasteiger partial charge on any atom is 0.339 e. The van der Waals surface area contributed by atoms with E-state index in [1.54, 1.807) is 6.07 Å². The molecule has 1 aromatic carbocycles. The second-order valence-corrected chi connectivity index (χ2v) is 4.14. The molecule has 0 fully saturated rings. The number of methoxy groups -OCH3 is 1. The van der Waals surface area contributed by atoms with Gasteiger partial charge in [0.05, 0.1) is 7.11 Å². The first-order valence-electron chi connectivity index (χ1n) is 5.75. The first kappa shape index (κ1) is 15.5. The molecule has 0 aromatic heterocycles. The molecular weight excluding hydrogens is 266 g/mol. The highest BCUT2D eigenvalue weighted by Gasteiger charge is 2.20. The fourth-order valence-electron chi connectivity index (χ4n) is 1.73. The van der Waals surface area contributed by atoms with Crippen molar-refractivity contribution in [2.24, 2.45) is 0 Å². The number of ether oxygens (including phenoxy) is 1. The molecule has 0 aliphatic rings. The lowest BCUT2D eigenvalue weighted by Crippen LogP contribution is -2.41. The van der Waals surface area contributed by atoms with Crippen molar-refractivity contribution in [3.8, 4) is 5.75 Å². The quantitative estimate of drug-likeness (QED) is 0.701. The molecule has 0 aliphatic carbocycles. The summed E-state index contributed by atoms with van der Waals surface area (Å²) in [4.78, 5) is 33.0. The maximum atomic E-state index is 11.1. The number of aromatic carboxylic acids is 1. The Morgan fingerprint density at radius 3 is 2.40 bits per heavy atom. The Morgan fingerprint density at radius 2 is 1.95 bits per heavy atom. The molecule has 7 heteroatoms. The molecule has 0 bridgehead atoms. The van der Waals surface area contributed by atoms with Gasteiger partial charge in [0.25, 0.3) is 0 Å². The zero-order valence-corrected chi connectivity index (χ0v) is 11.0. The first-order valence-corrected chi connectivity index (χ1v) is 5.75. The van der Waals surface area contributed by atoms with E-state index in [0.717, 1.165) is 0 Å². The zero-order chi connectivity index (χ0) is 15.3. The molecule has 3 N–H and O–H groups in total. The Kier molecular flexibility index (Phi) is 5.08. The summed E-state index contributed by atoms with van der Waals surface area (Å²) < 4.78 is 4.91. The van der Waals surface area contributed by atoms with Crippen molar-refractivity contribution in [1.82, 2.24) is 5.32 Å². The van der Waals surface area contributed by atoms with Crippen molar-refractivity contribution in [2.45, 2.75) is 19.4 Å². The van der Waals surface area contributed by atoms with Crippen molar-refractivity contribution in [3.05, 3.63) is 29.3 Å². The average Bonchev–Trinajstić information content (AvgIpc) is 2.37. The number of benzene rings is 1. The smallest absolute Gasteiger partial charge is 0.339 e. The van der Waals surface area contributed by atoms with Crippen LogP contribution in [0.5, 0.6) is 5.75 Å². The van der Waals surface area contributed by atoms with Gasteiger partial charge in [0, 0.05) is 13.3 Å². The summed E-state index contributed by atoms with van der Waals surface area (Å²) in [5.74, 6) is -2.64. The summed E-state index contributed by atoms with van der Waals surface area (Å²) in [6.07, 6.45) is -0.0147. The highest BCUT2D eigenvalue weighted by Crippen LogP contribution is 2.20. The SMILES string of the molecule is COc1ccc(CC(NC(C)=O)C(=O)O)cc1C(=O)O. The monoisotopic (exact) mass is 281 g/mol. The van der Waals surface area contributed by atoms with Crippen LogP contribution >= 0.6 is 0 Å². The van der Waals surface area contributed by atoms with Gasteiger partial charge in [0.1, 0.15) is 17.4 Å². The van der Waals surface area contributed by atoms with Gasteiger partial charge in [-0.1, -0.05) is 6.07 Å². The van der Waals surface area contributed by atoms with Gasteiger partial charge >= 0.3 is 11.9 Å². The largest absolute Gasteiger partial charge is 0.496 e. The number of rotatable bonds is 6. The molecule has 108 valence electrons. The molecule has 0 saturated carbocycles. The van der Waals surface area contributed by atoms with Crippen LogP contribution in [0.3, 0.4) is 0 Å². The van der Waals surface area contributed by atoms with Crippen LogP contribution in [0.25, 0.3) is 0 Å². The van der Waals surface area contributed by atoms with Crippen molar-refractivity contribution >= 4 is 17.8 Å². The van der Waals surface area contributed by atoms with Gasteiger partial charge in [-0.15, -0.1) is 0 Å². The number of amides is 1. The zero-order valence-electron chi connectivity index (χ0n) is 11.0. The molecule has 0 spiro atoms. The Labute approximate surface area is 115 Å². The molecule has 0 aliphatic heterocycles. The van der Waals surface area contributed by atoms with Crippen molar-refractivity contribution in [1.29, 1.82) is 0 Å². The second-order valence-electron chi connectivity index (χ2n) is 4.14. The van der Waals surface area contributed by atoms with Gasteiger partial charge < -0.3 is 20.3 Å². The van der Waals surface area contributed by atoms with Gasteiger partial charge in [-0.05, 0) is 17.7 Å². The van der Waals surface area contributed by atoms with Crippen LogP contribution < -0.4 is 10.1 Å². The predicted molar refractivity (Wildman–Crippen MR) is 68.9 cm³/mol. The number of hydrogen-bond donors (Lipinski definition) is 3. The second kappa shape index (κ2) is 6.55. The molecule has 1 unspecified atom stereocenters. The number of aliphatic carboxylic acids is 1. The summed E-state index contributed by atoms with van der Waals surface area (Å²) in [6, 6.07) is 3.23. The van der Waals surface area contributed by atoms with E-state index in [1.165, 1.54) is 26.2 Å². The Bertz CT molecular complexity index is 540. The number of hydrogen-bond acceptors (Lipinski definition) is 4. The average molecular weight is 281 g/mol. The molecule has 1 atom stereocenters. The van der Waals surface area contributed by atoms with Gasteiger partial charge in [0.2, 0.25) is 5.91 Å². The van der Waals surface area contributed by atoms with Gasteiger partial charge in [-0.2, -0.15) is 0 Å². The van der Waals surface area contributed by atoms with Gasteiger partial charge in [-0.3, -0.25) is 4.79 Å². The minimum atomic E-state index is -1.19. The van der Waals surface area contributed by atoms with Crippen LogP contribution in [0.2, 0.25) is 0 Å². The van der Waals surface area contributed by atoms with E-state index < -0.39 is 23.9 Å². The third kappa shape index (κ3) is 3.98. The standard InChI is InChI=1S/C13H15NO6/c1-7(15)14-10(13(18)19)6-8-3-4-11(20-2)9(5-8)12(16)17/h3-5,10H,6H2,1-2H3,(H,14,15)(H,16,17)(H,18,19). The van der Waals surface area contributed by atoms with Crippen molar-refractivity contribution < 1.29 is 29.3 Å². The fraction of sp³-hybridized carbons (Fsp3) is 0.308. The summed E-state index contributed by atoms with van der Waals surface area (Å²) >= 11 is 0. The summed E-state index contributed by atoms with van der Waals surface area (Å²) in [7, 11) is 1.35. The van der Waals surface area contributed by atoms with E-state index in [-0.39, 0.29) is 17.7 Å². The molecule has 0 heterocycles. The van der Waals surface area contributed by atoms with Crippen LogP contribution in [0.4, 0.5) is 0 Å². The third-order valence-electron chi connectivity index (χ3n) is 2.61. The van der Waals surface area contributed by atoms with E-state index in [4.69, 9.17) is 14.9 Å². The van der Waals surface area contributed by atoms with Crippen LogP contribution in [0.15, 0.2) is 18.2 Å². The van der Waals surface area contributed by atoms with E-state index in [1.807, 2.05) is 0 Å². The maximum absolute atomic E-state index is 11.1. The number of carbonyl (C=O) groups is 3. The van der Waals surface area contributed by atoms with Gasteiger partial charge in [0.15, 0.2) is 0 Å². The summed E-state index contributed by atoms with van der Waals surface area (Å²) in [5, 5.41) is 20.3. The predicted octanol–water partition coefficient (Wildman–Crippen LogP) is 0.525. The van der Waals surface area contributed by atoms with E-state index in [2.05, 4.69) is 5.32 Å². The number of carbonyl (C=O) groups excluding carboxylic acids is 1. The minimum absolute atomic E-state index is 0.0147. The lowest BCUT2D eigenvalue weighted by atomic mass is 10.0. The van der Waals surface area contributed by atoms with Crippen LogP contribution in [0, 0.1) is 0 Å². The molecule has 0 radical (unpaired) electrons. The van der Waals surface area contributed by atoms with E-state index >= 15 is 0 Å². The molecule has 1 amide bonds. The lowest BCUT2D eigenvalue weighted by Gasteiger charge is -2.14. The Balaban J connectivity index is 3.01. The number of carboxylic acids is 2. The molecule has 7 nitrogen and oxygen atoms in total.